The molecule has 1 aromatic carbocycles. The van der Waals surface area contributed by atoms with Crippen molar-refractivity contribution >= 4 is 22.4 Å². The third-order valence-corrected chi connectivity index (χ3v) is 5.23. The van der Waals surface area contributed by atoms with Gasteiger partial charge in [0, 0.05) is 25.3 Å². The van der Waals surface area contributed by atoms with Crippen molar-refractivity contribution < 1.29 is 13.7 Å². The maximum absolute atomic E-state index is 13.2. The van der Waals surface area contributed by atoms with E-state index in [1.54, 1.807) is 0 Å². The summed E-state index contributed by atoms with van der Waals surface area (Å²) in [5.74, 6) is -0.775. The molecule has 0 bridgehead atoms. The van der Waals surface area contributed by atoms with E-state index in [1.807, 2.05) is 12.3 Å². The lowest BCUT2D eigenvalue weighted by atomic mass is 10.3. The summed E-state index contributed by atoms with van der Waals surface area (Å²) in [6, 6.07) is 5.03. The molecule has 0 spiro atoms. The number of nitrogens with zero attached hydrogens (tertiary/aromatic N) is 6. The van der Waals surface area contributed by atoms with Crippen LogP contribution in [0.15, 0.2) is 43.8 Å². The van der Waals surface area contributed by atoms with Crippen molar-refractivity contribution in [1.29, 1.82) is 0 Å². The molecule has 0 aliphatic heterocycles. The number of halogens is 1. The van der Waals surface area contributed by atoms with Crippen LogP contribution >= 0.6 is 11.3 Å². The number of carbonyl (C=O) groups excluding carboxylic acids is 1. The summed E-state index contributed by atoms with van der Waals surface area (Å²) in [7, 11) is 1.28. The van der Waals surface area contributed by atoms with E-state index in [-0.39, 0.29) is 41.8 Å². The highest BCUT2D eigenvalue weighted by molar-refractivity contribution is 7.13. The first kappa shape index (κ1) is 21.2. The number of anilines is 1. The van der Waals surface area contributed by atoms with Gasteiger partial charge in [0.1, 0.15) is 5.82 Å². The van der Waals surface area contributed by atoms with Gasteiger partial charge >= 0.3 is 5.69 Å². The predicted octanol–water partition coefficient (Wildman–Crippen LogP) is 1.46. The first-order valence-corrected chi connectivity index (χ1v) is 10.2. The van der Waals surface area contributed by atoms with Gasteiger partial charge in [-0.05, 0) is 31.2 Å². The second-order valence-electron chi connectivity index (χ2n) is 6.74. The molecule has 0 saturated heterocycles. The van der Waals surface area contributed by atoms with E-state index >= 15 is 0 Å². The number of hydrogen-bond acceptors (Lipinski definition) is 9. The fourth-order valence-electron chi connectivity index (χ4n) is 2.73. The summed E-state index contributed by atoms with van der Waals surface area (Å²) in [4.78, 5) is 45.3. The molecule has 0 saturated carbocycles. The van der Waals surface area contributed by atoms with Gasteiger partial charge in [-0.3, -0.25) is 14.2 Å². The Kier molecular flexibility index (Phi) is 5.73. The summed E-state index contributed by atoms with van der Waals surface area (Å²) in [5, 5.41) is 12.8. The fraction of sp³-hybridized carbons (Fsp3) is 0.211. The van der Waals surface area contributed by atoms with E-state index in [9.17, 15) is 18.8 Å². The van der Waals surface area contributed by atoms with Crippen LogP contribution in [0.4, 0.5) is 9.52 Å². The molecule has 1 amide bonds. The summed E-state index contributed by atoms with van der Waals surface area (Å²) in [6.45, 7) is 1.82. The van der Waals surface area contributed by atoms with Gasteiger partial charge in [0.15, 0.2) is 10.8 Å². The number of hydrogen-bond donors (Lipinski definition) is 1. The largest absolute Gasteiger partial charge is 0.351 e. The predicted molar refractivity (Wildman–Crippen MR) is 112 cm³/mol. The number of nitrogens with one attached hydrogen (secondary N) is 1. The van der Waals surface area contributed by atoms with Crippen LogP contribution in [0.25, 0.3) is 17.2 Å². The molecule has 4 rings (SSSR count). The molecule has 0 aliphatic carbocycles. The highest BCUT2D eigenvalue weighted by atomic mass is 32.1. The SMILES string of the molecule is Cc1csc(NC(=O)CCc2nc(-c3nn(-c4ccc(F)cc4)c(=O)n(C)c3=O)no2)n1. The molecule has 4 aromatic rings. The van der Waals surface area contributed by atoms with Crippen molar-refractivity contribution in [3.63, 3.8) is 0 Å². The van der Waals surface area contributed by atoms with Crippen LogP contribution in [0.1, 0.15) is 18.0 Å². The first-order chi connectivity index (χ1) is 15.3. The van der Waals surface area contributed by atoms with Gasteiger partial charge in [-0.15, -0.1) is 11.3 Å². The smallest absolute Gasteiger partial charge is 0.339 e. The summed E-state index contributed by atoms with van der Waals surface area (Å²) < 4.78 is 20.1. The Bertz CT molecular complexity index is 1400. The van der Waals surface area contributed by atoms with E-state index in [0.717, 1.165) is 14.9 Å². The van der Waals surface area contributed by atoms with Gasteiger partial charge in [0.2, 0.25) is 17.6 Å². The van der Waals surface area contributed by atoms with Crippen molar-refractivity contribution in [3.05, 3.63) is 67.9 Å². The Morgan fingerprint density at radius 3 is 2.66 bits per heavy atom. The zero-order valence-corrected chi connectivity index (χ0v) is 17.7. The van der Waals surface area contributed by atoms with E-state index in [2.05, 4.69) is 25.5 Å². The highest BCUT2D eigenvalue weighted by Crippen LogP contribution is 2.15. The number of aromatic nitrogens is 6. The molecule has 13 heteroatoms. The van der Waals surface area contributed by atoms with Gasteiger partial charge in [-0.1, -0.05) is 5.16 Å². The molecule has 3 aromatic heterocycles. The lowest BCUT2D eigenvalue weighted by Crippen LogP contribution is -2.40. The number of thiazole rings is 1. The maximum Gasteiger partial charge on any atom is 0.351 e. The average molecular weight is 457 g/mol. The summed E-state index contributed by atoms with van der Waals surface area (Å²) in [6.07, 6.45) is 0.182. The van der Waals surface area contributed by atoms with Crippen LogP contribution in [0, 0.1) is 12.7 Å². The third-order valence-electron chi connectivity index (χ3n) is 4.36. The van der Waals surface area contributed by atoms with Crippen molar-refractivity contribution in [1.82, 2.24) is 29.5 Å². The van der Waals surface area contributed by atoms with E-state index in [0.29, 0.717) is 5.13 Å². The molecule has 32 heavy (non-hydrogen) atoms. The Morgan fingerprint density at radius 1 is 1.22 bits per heavy atom. The monoisotopic (exact) mass is 457 g/mol. The van der Waals surface area contributed by atoms with Crippen molar-refractivity contribution in [2.24, 2.45) is 7.05 Å². The van der Waals surface area contributed by atoms with E-state index in [4.69, 9.17) is 4.52 Å². The maximum atomic E-state index is 13.2. The molecule has 0 unspecified atom stereocenters. The molecule has 0 radical (unpaired) electrons. The number of benzene rings is 1. The molecule has 0 atom stereocenters. The standard InChI is InChI=1S/C19H16FN7O4S/c1-10-9-32-18(21-10)22-13(28)7-8-14-23-16(25-31-14)15-17(29)26(2)19(30)27(24-15)12-5-3-11(20)4-6-12/h3-6,9H,7-8H2,1-2H3,(H,21,22,28). The van der Waals surface area contributed by atoms with Crippen molar-refractivity contribution in [2.45, 2.75) is 19.8 Å². The van der Waals surface area contributed by atoms with Crippen molar-refractivity contribution in [3.8, 4) is 17.2 Å². The summed E-state index contributed by atoms with van der Waals surface area (Å²) >= 11 is 1.32. The van der Waals surface area contributed by atoms with Crippen LogP contribution in [-0.2, 0) is 18.3 Å². The Labute approximate surface area is 183 Å². The Hall–Kier alpha value is -4.00. The lowest BCUT2D eigenvalue weighted by molar-refractivity contribution is -0.116. The van der Waals surface area contributed by atoms with Crippen LogP contribution in [-0.4, -0.2) is 35.4 Å². The number of aryl methyl sites for hydroxylation is 2. The van der Waals surface area contributed by atoms with Crippen LogP contribution in [0.5, 0.6) is 0 Å². The van der Waals surface area contributed by atoms with E-state index < -0.39 is 17.1 Å². The zero-order valence-electron chi connectivity index (χ0n) is 16.9. The van der Waals surface area contributed by atoms with Gasteiger partial charge in [0.05, 0.1) is 11.4 Å². The minimum Gasteiger partial charge on any atom is -0.339 e. The van der Waals surface area contributed by atoms with E-state index in [1.165, 1.54) is 42.6 Å². The Morgan fingerprint density at radius 2 is 1.97 bits per heavy atom. The van der Waals surface area contributed by atoms with Crippen LogP contribution in [0.3, 0.4) is 0 Å². The molecule has 164 valence electrons. The second kappa shape index (κ2) is 8.63. The van der Waals surface area contributed by atoms with Gasteiger partial charge in [-0.2, -0.15) is 14.8 Å². The minimum absolute atomic E-state index is 0.0563. The van der Waals surface area contributed by atoms with Gasteiger partial charge in [-0.25, -0.2) is 14.2 Å². The molecule has 3 heterocycles. The summed E-state index contributed by atoms with van der Waals surface area (Å²) in [5.41, 5.74) is -0.608. The van der Waals surface area contributed by atoms with Gasteiger partial charge in [0.25, 0.3) is 5.56 Å². The average Bonchev–Trinajstić information content (AvgIpc) is 3.40. The number of carbonyl (C=O) groups is 1. The molecular weight excluding hydrogens is 441 g/mol. The van der Waals surface area contributed by atoms with Gasteiger partial charge < -0.3 is 9.84 Å². The van der Waals surface area contributed by atoms with Crippen molar-refractivity contribution in [2.75, 3.05) is 5.32 Å². The fourth-order valence-corrected chi connectivity index (χ4v) is 3.43. The van der Waals surface area contributed by atoms with Crippen LogP contribution in [0.2, 0.25) is 0 Å². The quantitative estimate of drug-likeness (QED) is 0.459. The number of rotatable bonds is 6. The normalized spacial score (nSPS) is 11.0. The topological polar surface area (TPSA) is 138 Å². The number of amides is 1. The second-order valence-corrected chi connectivity index (χ2v) is 7.60. The third kappa shape index (κ3) is 4.37. The Balaban J connectivity index is 1.55. The first-order valence-electron chi connectivity index (χ1n) is 9.33. The minimum atomic E-state index is -0.724. The molecule has 0 aliphatic rings. The zero-order chi connectivity index (χ0) is 22.8. The molecular formula is C19H16FN7O4S. The van der Waals surface area contributed by atoms with Crippen LogP contribution < -0.4 is 16.6 Å². The lowest BCUT2D eigenvalue weighted by Gasteiger charge is -2.07. The molecule has 1 N–H and O–H groups in total. The highest BCUT2D eigenvalue weighted by Gasteiger charge is 2.19. The molecule has 11 nitrogen and oxygen atoms in total. The molecule has 0 fully saturated rings.